The highest BCUT2D eigenvalue weighted by Crippen LogP contribution is 2.53. The first-order valence-corrected chi connectivity index (χ1v) is 11.1. The Hall–Kier alpha value is -2.92. The Morgan fingerprint density at radius 2 is 1.19 bits per heavy atom. The van der Waals surface area contributed by atoms with Crippen molar-refractivity contribution in [1.82, 2.24) is 9.97 Å². The summed E-state index contributed by atoms with van der Waals surface area (Å²) < 4.78 is 6.33. The predicted molar refractivity (Wildman–Crippen MR) is 125 cm³/mol. The molecule has 5 heteroatoms. The van der Waals surface area contributed by atoms with E-state index in [1.165, 1.54) is 0 Å². The smallest absolute Gasteiger partial charge is 0.221 e. The normalized spacial score (nSPS) is 18.9. The molecular weight excluding hydrogens is 384 g/mol. The lowest BCUT2D eigenvalue weighted by molar-refractivity contribution is 0.0767. The van der Waals surface area contributed by atoms with Gasteiger partial charge in [0.25, 0.3) is 0 Å². The van der Waals surface area contributed by atoms with Crippen LogP contribution in [0.5, 0.6) is 0 Å². The molecule has 160 valence electrons. The molecule has 31 heavy (non-hydrogen) atoms. The summed E-state index contributed by atoms with van der Waals surface area (Å²) in [5.74, 6) is 1.72. The average molecular weight is 415 g/mol. The molecule has 2 heterocycles. The molecular formula is C26H30N4O. The third kappa shape index (κ3) is 3.10. The van der Waals surface area contributed by atoms with Gasteiger partial charge in [0.1, 0.15) is 0 Å². The Bertz CT molecular complexity index is 1010. The monoisotopic (exact) mass is 414 g/mol. The van der Waals surface area contributed by atoms with Crippen LogP contribution in [-0.2, 0) is 15.6 Å². The Labute approximate surface area is 184 Å². The molecule has 2 aromatic carbocycles. The van der Waals surface area contributed by atoms with Gasteiger partial charge in [-0.25, -0.2) is 9.97 Å². The summed E-state index contributed by atoms with van der Waals surface area (Å²) in [6.07, 6.45) is 0.683. The molecule has 0 N–H and O–H groups in total. The minimum atomic E-state index is -0.349. The standard InChI is InChI=1S/C26H30N4O/c1-6-31-24-29(18-13-9-7-10-14-18)22-23(30(24)19-15-11-8-12-16-19)28-21-20(27-22)25(2,3)17-26(21,4)5/h7-16,24H,6,17H2,1-5H3. The van der Waals surface area contributed by atoms with Crippen molar-refractivity contribution in [2.24, 2.45) is 0 Å². The summed E-state index contributed by atoms with van der Waals surface area (Å²) >= 11 is 0. The Balaban J connectivity index is 1.78. The van der Waals surface area contributed by atoms with Crippen LogP contribution in [0.3, 0.4) is 0 Å². The number of hydrogen-bond acceptors (Lipinski definition) is 5. The van der Waals surface area contributed by atoms with E-state index in [9.17, 15) is 0 Å². The molecule has 0 saturated heterocycles. The van der Waals surface area contributed by atoms with E-state index >= 15 is 0 Å². The lowest BCUT2D eigenvalue weighted by Gasteiger charge is -2.31. The second kappa shape index (κ2) is 7.06. The van der Waals surface area contributed by atoms with E-state index in [4.69, 9.17) is 14.7 Å². The van der Waals surface area contributed by atoms with Crippen LogP contribution in [0.1, 0.15) is 52.4 Å². The summed E-state index contributed by atoms with van der Waals surface area (Å²) in [5, 5.41) is 0. The van der Waals surface area contributed by atoms with E-state index in [0.717, 1.165) is 40.8 Å². The van der Waals surface area contributed by atoms with Gasteiger partial charge in [0.15, 0.2) is 11.6 Å². The van der Waals surface area contributed by atoms with Gasteiger partial charge in [0, 0.05) is 28.8 Å². The van der Waals surface area contributed by atoms with Crippen molar-refractivity contribution in [3.63, 3.8) is 0 Å². The SMILES string of the molecule is CCOC1N(c2ccccc2)c2nc3c(nc2N1c1ccccc1)C(C)(C)CC3(C)C. The topological polar surface area (TPSA) is 41.5 Å². The van der Waals surface area contributed by atoms with Gasteiger partial charge in [-0.2, -0.15) is 0 Å². The first kappa shape index (κ1) is 20.0. The zero-order chi connectivity index (χ0) is 21.8. The second-order valence-electron chi connectivity index (χ2n) is 9.71. The maximum Gasteiger partial charge on any atom is 0.221 e. The van der Waals surface area contributed by atoms with Crippen molar-refractivity contribution in [2.45, 2.75) is 58.2 Å². The van der Waals surface area contributed by atoms with Gasteiger partial charge in [-0.3, -0.25) is 9.80 Å². The molecule has 2 aliphatic rings. The number of benzene rings is 2. The van der Waals surface area contributed by atoms with Crippen LogP contribution < -0.4 is 9.80 Å². The number of rotatable bonds is 4. The third-order valence-corrected chi connectivity index (χ3v) is 6.31. The van der Waals surface area contributed by atoms with Gasteiger partial charge >= 0.3 is 0 Å². The molecule has 0 atom stereocenters. The van der Waals surface area contributed by atoms with E-state index in [0.29, 0.717) is 6.61 Å². The Kier molecular flexibility index (Phi) is 4.56. The van der Waals surface area contributed by atoms with Crippen LogP contribution in [0, 0.1) is 0 Å². The highest BCUT2D eigenvalue weighted by molar-refractivity contribution is 5.83. The van der Waals surface area contributed by atoms with Gasteiger partial charge in [-0.1, -0.05) is 64.1 Å². The van der Waals surface area contributed by atoms with Crippen LogP contribution in [0.4, 0.5) is 23.0 Å². The largest absolute Gasteiger partial charge is 0.340 e. The molecule has 1 aliphatic heterocycles. The fourth-order valence-corrected chi connectivity index (χ4v) is 5.26. The van der Waals surface area contributed by atoms with Crippen molar-refractivity contribution < 1.29 is 4.74 Å². The first-order valence-electron chi connectivity index (χ1n) is 11.1. The molecule has 0 bridgehead atoms. The zero-order valence-electron chi connectivity index (χ0n) is 19.0. The number of fused-ring (bicyclic) bond motifs is 2. The van der Waals surface area contributed by atoms with E-state index in [-0.39, 0.29) is 17.2 Å². The van der Waals surface area contributed by atoms with Crippen molar-refractivity contribution in [3.05, 3.63) is 72.1 Å². The third-order valence-electron chi connectivity index (χ3n) is 6.31. The van der Waals surface area contributed by atoms with Crippen molar-refractivity contribution in [1.29, 1.82) is 0 Å². The number of anilines is 4. The lowest BCUT2D eigenvalue weighted by Crippen LogP contribution is -2.41. The number of nitrogens with zero attached hydrogens (tertiary/aromatic N) is 4. The summed E-state index contributed by atoms with van der Waals surface area (Å²) in [6, 6.07) is 20.7. The van der Waals surface area contributed by atoms with Crippen LogP contribution in [-0.4, -0.2) is 22.9 Å². The van der Waals surface area contributed by atoms with Gasteiger partial charge < -0.3 is 4.74 Å². The molecule has 1 aliphatic carbocycles. The maximum absolute atomic E-state index is 6.33. The second-order valence-corrected chi connectivity index (χ2v) is 9.71. The molecule has 1 aromatic heterocycles. The fraction of sp³-hybridized carbons (Fsp3) is 0.385. The quantitative estimate of drug-likeness (QED) is 0.520. The van der Waals surface area contributed by atoms with Crippen LogP contribution in [0.2, 0.25) is 0 Å². The molecule has 5 rings (SSSR count). The minimum Gasteiger partial charge on any atom is -0.340 e. The van der Waals surface area contributed by atoms with Crippen molar-refractivity contribution in [3.8, 4) is 0 Å². The fourth-order valence-electron chi connectivity index (χ4n) is 5.26. The molecule has 0 unspecified atom stereocenters. The van der Waals surface area contributed by atoms with Gasteiger partial charge in [0.05, 0.1) is 11.4 Å². The molecule has 0 radical (unpaired) electrons. The Morgan fingerprint density at radius 3 is 1.58 bits per heavy atom. The molecule has 3 aromatic rings. The average Bonchev–Trinajstić information content (AvgIpc) is 3.15. The minimum absolute atomic E-state index is 0.0233. The van der Waals surface area contributed by atoms with Crippen molar-refractivity contribution >= 4 is 23.0 Å². The number of aromatic nitrogens is 2. The molecule has 0 amide bonds. The summed E-state index contributed by atoms with van der Waals surface area (Å²) in [6.45, 7) is 11.7. The molecule has 0 spiro atoms. The van der Waals surface area contributed by atoms with Gasteiger partial charge in [0.2, 0.25) is 6.35 Å². The first-order chi connectivity index (χ1) is 14.8. The van der Waals surface area contributed by atoms with Gasteiger partial charge in [-0.05, 0) is 37.6 Å². The van der Waals surface area contributed by atoms with Gasteiger partial charge in [-0.15, -0.1) is 0 Å². The van der Waals surface area contributed by atoms with Crippen LogP contribution >= 0.6 is 0 Å². The summed E-state index contributed by atoms with van der Waals surface area (Å²) in [7, 11) is 0. The molecule has 0 fully saturated rings. The number of ether oxygens (including phenoxy) is 1. The highest BCUT2D eigenvalue weighted by Gasteiger charge is 2.49. The number of hydrogen-bond donors (Lipinski definition) is 0. The van der Waals surface area contributed by atoms with E-state index in [1.54, 1.807) is 0 Å². The maximum atomic E-state index is 6.33. The van der Waals surface area contributed by atoms with Crippen molar-refractivity contribution in [2.75, 3.05) is 16.4 Å². The molecule has 0 saturated carbocycles. The van der Waals surface area contributed by atoms with E-state index < -0.39 is 0 Å². The Morgan fingerprint density at radius 1 is 0.774 bits per heavy atom. The highest BCUT2D eigenvalue weighted by atomic mass is 16.5. The van der Waals surface area contributed by atoms with E-state index in [1.807, 2.05) is 19.1 Å². The summed E-state index contributed by atoms with van der Waals surface area (Å²) in [5.41, 5.74) is 4.24. The lowest BCUT2D eigenvalue weighted by atomic mass is 9.83. The van der Waals surface area contributed by atoms with Crippen LogP contribution in [0.25, 0.3) is 0 Å². The van der Waals surface area contributed by atoms with Crippen LogP contribution in [0.15, 0.2) is 60.7 Å². The number of para-hydroxylation sites is 2. The zero-order valence-corrected chi connectivity index (χ0v) is 19.0. The summed E-state index contributed by atoms with van der Waals surface area (Å²) in [4.78, 5) is 14.9. The van der Waals surface area contributed by atoms with E-state index in [2.05, 4.69) is 86.0 Å². The molecule has 5 nitrogen and oxygen atoms in total. The predicted octanol–water partition coefficient (Wildman–Crippen LogP) is 6.05.